The fourth-order valence-electron chi connectivity index (χ4n) is 1.76. The second-order valence-corrected chi connectivity index (χ2v) is 10.1. The van der Waals surface area contributed by atoms with Crippen LogP contribution in [-0.2, 0) is 15.1 Å². The summed E-state index contributed by atoms with van der Waals surface area (Å²) < 4.78 is 6.65. The van der Waals surface area contributed by atoms with Gasteiger partial charge in [0.2, 0.25) is 0 Å². The van der Waals surface area contributed by atoms with Crippen LogP contribution in [0.4, 0.5) is 0 Å². The molecule has 0 aliphatic carbocycles. The van der Waals surface area contributed by atoms with Crippen LogP contribution in [0.25, 0.3) is 10.2 Å². The first-order valence-electron chi connectivity index (χ1n) is 7.10. The predicted molar refractivity (Wildman–Crippen MR) is 105 cm³/mol. The highest BCUT2D eigenvalue weighted by molar-refractivity contribution is 9.11. The molecule has 0 radical (unpaired) electrons. The number of fused-ring (bicyclic) bond motifs is 1. The number of carbonyl (C=O) groups is 1. The van der Waals surface area contributed by atoms with Crippen molar-refractivity contribution in [3.8, 4) is 0 Å². The number of nitrogens with zero attached hydrogens (tertiary/aromatic N) is 1. The van der Waals surface area contributed by atoms with Crippen LogP contribution in [-0.4, -0.2) is 28.3 Å². The number of aromatic nitrogens is 2. The van der Waals surface area contributed by atoms with Crippen LogP contribution in [0.5, 0.6) is 0 Å². The van der Waals surface area contributed by atoms with Crippen LogP contribution in [0, 0.1) is 6.92 Å². The van der Waals surface area contributed by atoms with Crippen molar-refractivity contribution in [2.45, 2.75) is 45.5 Å². The Morgan fingerprint density at radius 1 is 1.29 bits per heavy atom. The molecular weight excluding hydrogens is 415 g/mol. The number of hydrogen-bond donors (Lipinski definition) is 1. The molecule has 0 saturated carbocycles. The number of halogens is 1. The molecule has 1 unspecified atom stereocenters. The lowest BCUT2D eigenvalue weighted by Gasteiger charge is -2.19. The fourth-order valence-corrected chi connectivity index (χ4v) is 3.36. The summed E-state index contributed by atoms with van der Waals surface area (Å²) in [6.07, 6.45) is 0.590. The zero-order chi connectivity index (χ0) is 18.9. The molecule has 134 valence electrons. The van der Waals surface area contributed by atoms with E-state index in [1.165, 1.54) is 25.2 Å². The molecule has 0 fully saturated rings. The largest absolute Gasteiger partial charge is 0.375 e. The number of H-pyrrole nitrogens is 1. The maximum Gasteiger partial charge on any atom is 0.330 e. The van der Waals surface area contributed by atoms with Gasteiger partial charge < -0.3 is 9.53 Å². The summed E-state index contributed by atoms with van der Waals surface area (Å²) in [5.74, 6) is 0. The molecule has 1 N–H and O–H groups in total. The Morgan fingerprint density at radius 3 is 2.21 bits per heavy atom. The van der Waals surface area contributed by atoms with Crippen molar-refractivity contribution >= 4 is 53.0 Å². The predicted octanol–water partition coefficient (Wildman–Crippen LogP) is 3.00. The van der Waals surface area contributed by atoms with Crippen molar-refractivity contribution in [2.75, 3.05) is 7.11 Å². The van der Waals surface area contributed by atoms with Gasteiger partial charge in [-0.3, -0.25) is 9.78 Å². The van der Waals surface area contributed by atoms with E-state index in [9.17, 15) is 14.4 Å². The number of carbonyl (C=O) groups excluding carboxylic acids is 1. The molecule has 2 rings (SSSR count). The zero-order valence-electron chi connectivity index (χ0n) is 14.5. The molecule has 2 heterocycles. The number of thiophene rings is 1. The van der Waals surface area contributed by atoms with Crippen LogP contribution < -0.4 is 11.2 Å². The normalized spacial score (nSPS) is 12.0. The molecule has 9 heteroatoms. The number of aromatic amines is 1. The van der Waals surface area contributed by atoms with Gasteiger partial charge in [-0.2, -0.15) is 0 Å². The summed E-state index contributed by atoms with van der Waals surface area (Å²) in [4.78, 5) is 38.5. The number of aldehydes is 1. The highest BCUT2D eigenvalue weighted by atomic mass is 79.9. The Bertz CT molecular complexity index is 861. The van der Waals surface area contributed by atoms with Crippen LogP contribution in [0.3, 0.4) is 0 Å². The molecule has 2 aromatic heterocycles. The lowest BCUT2D eigenvalue weighted by molar-refractivity contribution is -0.114. The van der Waals surface area contributed by atoms with Crippen LogP contribution in [0.2, 0.25) is 0 Å². The molecule has 24 heavy (non-hydrogen) atoms. The Kier molecular flexibility index (Phi) is 6.72. The Balaban J connectivity index is 0.000000413. The summed E-state index contributed by atoms with van der Waals surface area (Å²) in [5.41, 5.74) is -1.41. The van der Waals surface area contributed by atoms with Crippen molar-refractivity contribution in [1.82, 2.24) is 9.55 Å². The minimum Gasteiger partial charge on any atom is -0.375 e. The van der Waals surface area contributed by atoms with E-state index in [4.69, 9.17) is 4.74 Å². The molecule has 2 aromatic rings. The third kappa shape index (κ3) is 4.63. The van der Waals surface area contributed by atoms with Crippen LogP contribution >= 0.6 is 36.5 Å². The van der Waals surface area contributed by atoms with E-state index < -0.39 is 16.8 Å². The minimum absolute atomic E-state index is 0.0417. The van der Waals surface area contributed by atoms with Gasteiger partial charge in [0.15, 0.2) is 0 Å². The zero-order valence-corrected chi connectivity index (χ0v) is 18.1. The van der Waals surface area contributed by atoms with Crippen molar-refractivity contribution in [2.24, 2.45) is 0 Å². The Morgan fingerprint density at radius 2 is 1.79 bits per heavy atom. The van der Waals surface area contributed by atoms with E-state index in [0.717, 1.165) is 13.9 Å². The van der Waals surface area contributed by atoms with Crippen LogP contribution in [0.1, 0.15) is 33.3 Å². The first-order valence-corrected chi connectivity index (χ1v) is 9.29. The van der Waals surface area contributed by atoms with Gasteiger partial charge in [0, 0.05) is 7.11 Å². The van der Waals surface area contributed by atoms with E-state index in [1.807, 2.05) is 13.8 Å². The van der Waals surface area contributed by atoms with E-state index in [-0.39, 0.29) is 5.34 Å². The quantitative estimate of drug-likeness (QED) is 0.592. The molecule has 0 aliphatic heterocycles. The van der Waals surface area contributed by atoms with Crippen LogP contribution in [0.15, 0.2) is 13.4 Å². The molecule has 0 aliphatic rings. The monoisotopic (exact) mass is 436 g/mol. The standard InChI is InChI=1S/C11H11BrN2O3S.C4H11OP/c1-5-6-8(18-7(5)12)13-10(17)14(9(6)16)11(2,3)4-15;1-4(2,6)5-3/h4H,1-3H3,(H,13,17);6H2,1-3H3. The maximum atomic E-state index is 12.4. The van der Waals surface area contributed by atoms with E-state index in [1.54, 1.807) is 14.0 Å². The molecule has 1 atom stereocenters. The Hall–Kier alpha value is -0.820. The third-order valence-corrected chi connectivity index (χ3v) is 5.63. The lowest BCUT2D eigenvalue weighted by Crippen LogP contribution is -2.47. The number of hydrogen-bond acceptors (Lipinski definition) is 5. The molecule has 0 saturated heterocycles. The molecule has 0 bridgehead atoms. The highest BCUT2D eigenvalue weighted by Crippen LogP contribution is 2.31. The number of methoxy groups -OCH3 is 1. The van der Waals surface area contributed by atoms with Crippen molar-refractivity contribution in [1.29, 1.82) is 0 Å². The van der Waals surface area contributed by atoms with E-state index >= 15 is 0 Å². The van der Waals surface area contributed by atoms with Crippen molar-refractivity contribution in [3.63, 3.8) is 0 Å². The molecule has 6 nitrogen and oxygen atoms in total. The van der Waals surface area contributed by atoms with Gasteiger partial charge >= 0.3 is 5.69 Å². The highest BCUT2D eigenvalue weighted by Gasteiger charge is 2.26. The Labute approximate surface area is 154 Å². The van der Waals surface area contributed by atoms with Crippen molar-refractivity contribution in [3.05, 3.63) is 30.2 Å². The minimum atomic E-state index is -1.17. The first-order chi connectivity index (χ1) is 10.9. The van der Waals surface area contributed by atoms with Gasteiger partial charge in [0.25, 0.3) is 5.56 Å². The van der Waals surface area contributed by atoms with Gasteiger partial charge in [-0.15, -0.1) is 20.6 Å². The number of rotatable bonds is 3. The van der Waals surface area contributed by atoms with Gasteiger partial charge in [-0.05, 0) is 56.1 Å². The van der Waals surface area contributed by atoms with E-state index in [0.29, 0.717) is 16.5 Å². The molecule has 0 spiro atoms. The second kappa shape index (κ2) is 7.60. The average molecular weight is 437 g/mol. The number of ether oxygens (including phenoxy) is 1. The summed E-state index contributed by atoms with van der Waals surface area (Å²) in [6, 6.07) is 0. The lowest BCUT2D eigenvalue weighted by atomic mass is 10.1. The summed E-state index contributed by atoms with van der Waals surface area (Å²) in [7, 11) is 4.26. The number of nitrogens with one attached hydrogen (secondary N) is 1. The molecular formula is C15H22BrN2O4PS. The molecule has 0 amide bonds. The third-order valence-electron chi connectivity index (χ3n) is 3.32. The van der Waals surface area contributed by atoms with Gasteiger partial charge in [0.1, 0.15) is 16.7 Å². The summed E-state index contributed by atoms with van der Waals surface area (Å²) >= 11 is 4.63. The fraction of sp³-hybridized carbons (Fsp3) is 0.533. The SMILES string of the molecule is COC(C)(C)P.Cc1c(Br)sc2[nH]c(=O)n(C(C)(C)C=O)c(=O)c12. The van der Waals surface area contributed by atoms with E-state index in [2.05, 4.69) is 30.2 Å². The number of aryl methyl sites for hydroxylation is 1. The maximum absolute atomic E-state index is 12.4. The first kappa shape index (κ1) is 21.2. The van der Waals surface area contributed by atoms with Gasteiger partial charge in [-0.25, -0.2) is 9.36 Å². The van der Waals surface area contributed by atoms with Crippen molar-refractivity contribution < 1.29 is 9.53 Å². The molecule has 0 aromatic carbocycles. The van der Waals surface area contributed by atoms with Gasteiger partial charge in [0.05, 0.1) is 14.5 Å². The summed E-state index contributed by atoms with van der Waals surface area (Å²) in [6.45, 7) is 8.81. The van der Waals surface area contributed by atoms with Gasteiger partial charge in [-0.1, -0.05) is 0 Å². The summed E-state index contributed by atoms with van der Waals surface area (Å²) in [5, 5.41) is 0.404. The topological polar surface area (TPSA) is 81.2 Å². The average Bonchev–Trinajstić information content (AvgIpc) is 2.73. The smallest absolute Gasteiger partial charge is 0.330 e. The second-order valence-electron chi connectivity index (χ2n) is 6.35.